The first-order valence-electron chi connectivity index (χ1n) is 13.7. The fraction of sp³-hybridized carbons (Fsp3) is 0.344. The van der Waals surface area contributed by atoms with Crippen molar-refractivity contribution in [3.63, 3.8) is 0 Å². The van der Waals surface area contributed by atoms with Gasteiger partial charge in [-0.25, -0.2) is 4.79 Å². The SMILES string of the molecule is COc1cccc([C@H](CCO)[C@H](N=C(c2ccccc2)c2ccccc2NC(=O)CN2CCCCC2)C(=O)O)c1. The second-order valence-corrected chi connectivity index (χ2v) is 9.95. The van der Waals surface area contributed by atoms with Gasteiger partial charge in [0.2, 0.25) is 5.91 Å². The first-order valence-corrected chi connectivity index (χ1v) is 13.7. The number of nitrogens with one attached hydrogen (secondary N) is 1. The number of ether oxygens (including phenoxy) is 1. The lowest BCUT2D eigenvalue weighted by Gasteiger charge is -2.26. The minimum Gasteiger partial charge on any atom is -0.497 e. The van der Waals surface area contributed by atoms with Gasteiger partial charge in [-0.05, 0) is 56.1 Å². The predicted octanol–water partition coefficient (Wildman–Crippen LogP) is 4.58. The third-order valence-electron chi connectivity index (χ3n) is 7.18. The number of carboxylic acids is 1. The first kappa shape index (κ1) is 29.0. The molecule has 4 rings (SSSR count). The Hall–Kier alpha value is -4.01. The molecule has 0 saturated carbocycles. The van der Waals surface area contributed by atoms with Crippen molar-refractivity contribution < 1.29 is 24.5 Å². The smallest absolute Gasteiger partial charge is 0.329 e. The highest BCUT2D eigenvalue weighted by Gasteiger charge is 2.30. The van der Waals surface area contributed by atoms with Gasteiger partial charge in [0.1, 0.15) is 5.75 Å². The number of carbonyl (C=O) groups excluding carboxylic acids is 1. The number of carbonyl (C=O) groups is 2. The summed E-state index contributed by atoms with van der Waals surface area (Å²) in [5, 5.41) is 23.3. The van der Waals surface area contributed by atoms with Crippen molar-refractivity contribution in [1.82, 2.24) is 4.90 Å². The Morgan fingerprint density at radius 3 is 2.40 bits per heavy atom. The number of para-hydroxylation sites is 1. The van der Waals surface area contributed by atoms with Crippen LogP contribution in [0, 0.1) is 0 Å². The van der Waals surface area contributed by atoms with Gasteiger partial charge in [0, 0.05) is 23.7 Å². The van der Waals surface area contributed by atoms with E-state index in [0.29, 0.717) is 34.8 Å². The van der Waals surface area contributed by atoms with Crippen LogP contribution in [0.4, 0.5) is 5.69 Å². The molecule has 3 aromatic carbocycles. The number of aliphatic imine (C=N–C) groups is 1. The van der Waals surface area contributed by atoms with E-state index < -0.39 is 17.9 Å². The summed E-state index contributed by atoms with van der Waals surface area (Å²) in [6, 6.07) is 22.7. The van der Waals surface area contributed by atoms with E-state index in [9.17, 15) is 19.8 Å². The Kier molecular flexibility index (Phi) is 10.4. The average molecular weight is 544 g/mol. The van der Waals surface area contributed by atoms with E-state index in [0.717, 1.165) is 31.5 Å². The Morgan fingerprint density at radius 2 is 1.70 bits per heavy atom. The average Bonchev–Trinajstić information content (AvgIpc) is 2.98. The van der Waals surface area contributed by atoms with Crippen LogP contribution in [-0.2, 0) is 9.59 Å². The molecule has 1 amide bonds. The fourth-order valence-electron chi connectivity index (χ4n) is 5.18. The molecule has 0 unspecified atom stereocenters. The number of aliphatic carboxylic acids is 1. The molecule has 40 heavy (non-hydrogen) atoms. The van der Waals surface area contributed by atoms with Gasteiger partial charge in [-0.3, -0.25) is 14.7 Å². The van der Waals surface area contributed by atoms with Gasteiger partial charge in [-0.1, -0.05) is 67.1 Å². The van der Waals surface area contributed by atoms with Crippen molar-refractivity contribution in [3.05, 3.63) is 95.6 Å². The zero-order valence-corrected chi connectivity index (χ0v) is 22.8. The monoisotopic (exact) mass is 543 g/mol. The van der Waals surface area contributed by atoms with Crippen LogP contribution in [0.1, 0.15) is 48.3 Å². The molecule has 0 spiro atoms. The van der Waals surface area contributed by atoms with E-state index in [1.165, 1.54) is 6.42 Å². The third kappa shape index (κ3) is 7.55. The number of likely N-dealkylation sites (tertiary alicyclic amines) is 1. The molecule has 0 bridgehead atoms. The fourth-order valence-corrected chi connectivity index (χ4v) is 5.18. The van der Waals surface area contributed by atoms with E-state index in [1.807, 2.05) is 60.7 Å². The number of hydrogen-bond acceptors (Lipinski definition) is 6. The lowest BCUT2D eigenvalue weighted by Crippen LogP contribution is -2.37. The number of benzene rings is 3. The van der Waals surface area contributed by atoms with Crippen LogP contribution in [0.2, 0.25) is 0 Å². The zero-order chi connectivity index (χ0) is 28.3. The Bertz CT molecular complexity index is 1300. The molecule has 0 aliphatic carbocycles. The normalized spacial score (nSPS) is 15.7. The van der Waals surface area contributed by atoms with Crippen molar-refractivity contribution in [2.24, 2.45) is 4.99 Å². The van der Waals surface area contributed by atoms with Gasteiger partial charge in [-0.15, -0.1) is 0 Å². The van der Waals surface area contributed by atoms with Crippen LogP contribution >= 0.6 is 0 Å². The second-order valence-electron chi connectivity index (χ2n) is 9.95. The predicted molar refractivity (Wildman–Crippen MR) is 156 cm³/mol. The summed E-state index contributed by atoms with van der Waals surface area (Å²) in [5.41, 5.74) is 3.07. The number of anilines is 1. The molecular formula is C32H37N3O5. The topological polar surface area (TPSA) is 111 Å². The van der Waals surface area contributed by atoms with Crippen LogP contribution in [-0.4, -0.2) is 72.1 Å². The molecule has 0 radical (unpaired) electrons. The van der Waals surface area contributed by atoms with Gasteiger partial charge in [-0.2, -0.15) is 0 Å². The number of methoxy groups -OCH3 is 1. The zero-order valence-electron chi connectivity index (χ0n) is 22.8. The molecule has 1 saturated heterocycles. The molecule has 0 aromatic heterocycles. The summed E-state index contributed by atoms with van der Waals surface area (Å²) in [5.74, 6) is -1.25. The maximum Gasteiger partial charge on any atom is 0.329 e. The van der Waals surface area contributed by atoms with E-state index in [4.69, 9.17) is 9.73 Å². The second kappa shape index (κ2) is 14.4. The van der Waals surface area contributed by atoms with Gasteiger partial charge < -0.3 is 20.3 Å². The standard InChI is InChI=1S/C32H37N3O5/c1-40-25-14-10-13-24(21-25)26(17-20-36)31(32(38)39)34-30(23-11-4-2-5-12-23)27-15-6-7-16-28(27)33-29(37)22-35-18-8-3-9-19-35/h2,4-7,10-16,21,26,31,36H,3,8-9,17-20,22H2,1H3,(H,33,37)(H,38,39)/t26-,31-/m0/s1. The number of nitrogens with zero attached hydrogens (tertiary/aromatic N) is 2. The molecular weight excluding hydrogens is 506 g/mol. The highest BCUT2D eigenvalue weighted by atomic mass is 16.5. The molecule has 1 aliphatic heterocycles. The summed E-state index contributed by atoms with van der Waals surface area (Å²) in [6.07, 6.45) is 3.57. The molecule has 3 N–H and O–H groups in total. The van der Waals surface area contributed by atoms with Crippen molar-refractivity contribution in [2.75, 3.05) is 38.7 Å². The number of amides is 1. The van der Waals surface area contributed by atoms with Crippen molar-refractivity contribution in [1.29, 1.82) is 0 Å². The minimum atomic E-state index is -1.20. The summed E-state index contributed by atoms with van der Waals surface area (Å²) in [4.78, 5) is 32.8. The number of rotatable bonds is 12. The van der Waals surface area contributed by atoms with Crippen molar-refractivity contribution in [2.45, 2.75) is 37.6 Å². The van der Waals surface area contributed by atoms with Gasteiger partial charge in [0.05, 0.1) is 25.1 Å². The Balaban J connectivity index is 1.76. The van der Waals surface area contributed by atoms with Crippen molar-refractivity contribution >= 4 is 23.3 Å². The molecule has 3 aromatic rings. The number of piperidine rings is 1. The molecule has 1 aliphatic rings. The van der Waals surface area contributed by atoms with Crippen LogP contribution in [0.3, 0.4) is 0 Å². The summed E-state index contributed by atoms with van der Waals surface area (Å²) >= 11 is 0. The summed E-state index contributed by atoms with van der Waals surface area (Å²) in [6.45, 7) is 1.91. The van der Waals surface area contributed by atoms with E-state index in [2.05, 4.69) is 10.2 Å². The molecule has 210 valence electrons. The third-order valence-corrected chi connectivity index (χ3v) is 7.18. The minimum absolute atomic E-state index is 0.119. The van der Waals surface area contributed by atoms with Crippen LogP contribution < -0.4 is 10.1 Å². The van der Waals surface area contributed by atoms with Crippen LogP contribution in [0.15, 0.2) is 83.9 Å². The largest absolute Gasteiger partial charge is 0.497 e. The van der Waals surface area contributed by atoms with E-state index >= 15 is 0 Å². The highest BCUT2D eigenvalue weighted by Crippen LogP contribution is 2.31. The number of aliphatic hydroxyl groups is 1. The van der Waals surface area contributed by atoms with Crippen LogP contribution in [0.25, 0.3) is 0 Å². The van der Waals surface area contributed by atoms with Gasteiger partial charge in [0.25, 0.3) is 0 Å². The van der Waals surface area contributed by atoms with Gasteiger partial charge in [0.15, 0.2) is 6.04 Å². The number of hydrogen-bond donors (Lipinski definition) is 3. The molecule has 1 fully saturated rings. The lowest BCUT2D eigenvalue weighted by atomic mass is 9.88. The maximum absolute atomic E-state index is 13.0. The maximum atomic E-state index is 13.0. The quantitative estimate of drug-likeness (QED) is 0.289. The van der Waals surface area contributed by atoms with Crippen LogP contribution in [0.5, 0.6) is 5.75 Å². The number of carboxylic acid groups (broad SMARTS) is 1. The molecule has 8 nitrogen and oxygen atoms in total. The Morgan fingerprint density at radius 1 is 0.975 bits per heavy atom. The molecule has 1 heterocycles. The van der Waals surface area contributed by atoms with Gasteiger partial charge >= 0.3 is 5.97 Å². The Labute approximate surface area is 235 Å². The number of aliphatic hydroxyl groups excluding tert-OH is 1. The lowest BCUT2D eigenvalue weighted by molar-refractivity contribution is -0.139. The van der Waals surface area contributed by atoms with Crippen molar-refractivity contribution in [3.8, 4) is 5.75 Å². The highest BCUT2D eigenvalue weighted by molar-refractivity contribution is 6.17. The molecule has 2 atom stereocenters. The van der Waals surface area contributed by atoms with E-state index in [1.54, 1.807) is 25.3 Å². The van der Waals surface area contributed by atoms with E-state index in [-0.39, 0.29) is 18.9 Å². The summed E-state index contributed by atoms with van der Waals surface area (Å²) < 4.78 is 5.36. The molecule has 8 heteroatoms. The summed E-state index contributed by atoms with van der Waals surface area (Å²) in [7, 11) is 1.55. The first-order chi connectivity index (χ1) is 19.5.